The summed E-state index contributed by atoms with van der Waals surface area (Å²) in [5.41, 5.74) is 3.64. The molecule has 0 aliphatic rings. The van der Waals surface area contributed by atoms with E-state index in [-0.39, 0.29) is 24.7 Å². The summed E-state index contributed by atoms with van der Waals surface area (Å²) in [6.45, 7) is 4.99. The van der Waals surface area contributed by atoms with Gasteiger partial charge in [-0.1, -0.05) is 60.4 Å². The molecule has 9 heteroatoms. The summed E-state index contributed by atoms with van der Waals surface area (Å²) in [6, 6.07) is 20.0. The fraction of sp³-hybridized carbons (Fsp3) is 0.200. The van der Waals surface area contributed by atoms with Crippen molar-refractivity contribution in [3.8, 4) is 11.5 Å². The van der Waals surface area contributed by atoms with E-state index in [4.69, 9.17) is 37.2 Å². The van der Waals surface area contributed by atoms with Crippen LogP contribution in [0.2, 0.25) is 10.0 Å². The van der Waals surface area contributed by atoms with Crippen LogP contribution in [0.15, 0.2) is 77.4 Å². The normalized spacial score (nSPS) is 11.3. The smallest absolute Gasteiger partial charge is 0.335 e. The highest BCUT2D eigenvalue weighted by atomic mass is 35.5. The van der Waals surface area contributed by atoms with Gasteiger partial charge in [-0.25, -0.2) is 4.79 Å². The van der Waals surface area contributed by atoms with E-state index >= 15 is 0 Å². The predicted octanol–water partition coefficient (Wildman–Crippen LogP) is 7.96. The molecule has 200 valence electrons. The van der Waals surface area contributed by atoms with Gasteiger partial charge in [0.1, 0.15) is 30.4 Å². The van der Waals surface area contributed by atoms with Crippen molar-refractivity contribution in [1.29, 1.82) is 0 Å². The summed E-state index contributed by atoms with van der Waals surface area (Å²) in [5.74, 6) is 0.989. The van der Waals surface area contributed by atoms with Crippen molar-refractivity contribution in [2.45, 2.75) is 39.5 Å². The van der Waals surface area contributed by atoms with Gasteiger partial charge in [0.05, 0.1) is 21.2 Å². The van der Waals surface area contributed by atoms with E-state index < -0.39 is 5.97 Å². The fourth-order valence-corrected chi connectivity index (χ4v) is 4.91. The molecule has 0 saturated carbocycles. The lowest BCUT2D eigenvalue weighted by Gasteiger charge is -2.12. The van der Waals surface area contributed by atoms with Crippen LogP contribution in [0.25, 0.3) is 10.9 Å². The molecule has 0 unspecified atom stereocenters. The molecule has 5 rings (SSSR count). The first-order chi connectivity index (χ1) is 18.8. The zero-order valence-corrected chi connectivity index (χ0v) is 22.9. The highest BCUT2D eigenvalue weighted by Crippen LogP contribution is 2.34. The highest BCUT2D eigenvalue weighted by Gasteiger charge is 2.21. The Morgan fingerprint density at radius 2 is 1.77 bits per heavy atom. The Morgan fingerprint density at radius 3 is 2.51 bits per heavy atom. The van der Waals surface area contributed by atoms with Crippen LogP contribution in [0.3, 0.4) is 0 Å². The maximum Gasteiger partial charge on any atom is 0.335 e. The molecule has 0 saturated heterocycles. The Balaban J connectivity index is 1.32. The average molecular weight is 565 g/mol. The third kappa shape index (κ3) is 5.90. The second kappa shape index (κ2) is 11.4. The number of carboxylic acids is 1. The third-order valence-electron chi connectivity index (χ3n) is 6.35. The van der Waals surface area contributed by atoms with Gasteiger partial charge in [0.25, 0.3) is 0 Å². The number of fused-ring (bicyclic) bond motifs is 1. The number of nitrogens with zero attached hydrogens (tertiary/aromatic N) is 2. The summed E-state index contributed by atoms with van der Waals surface area (Å²) < 4.78 is 19.8. The monoisotopic (exact) mass is 564 g/mol. The maximum atomic E-state index is 11.3. The molecule has 0 aliphatic heterocycles. The summed E-state index contributed by atoms with van der Waals surface area (Å²) in [4.78, 5) is 11.3. The minimum atomic E-state index is -0.938. The number of hydrogen-bond donors (Lipinski definition) is 1. The van der Waals surface area contributed by atoms with E-state index in [2.05, 4.69) is 9.72 Å². The number of carbonyl (C=O) groups is 1. The van der Waals surface area contributed by atoms with Crippen LogP contribution in [0, 0.1) is 0 Å². The number of benzene rings is 3. The van der Waals surface area contributed by atoms with E-state index in [1.807, 2.05) is 50.4 Å². The van der Waals surface area contributed by atoms with E-state index in [1.54, 1.807) is 36.4 Å². The minimum Gasteiger partial charge on any atom is -0.489 e. The van der Waals surface area contributed by atoms with Gasteiger partial charge in [-0.05, 0) is 54.1 Å². The number of rotatable bonds is 10. The number of para-hydroxylation sites is 1. The van der Waals surface area contributed by atoms with Crippen molar-refractivity contribution < 1.29 is 23.9 Å². The Morgan fingerprint density at radius 1 is 1.00 bits per heavy atom. The van der Waals surface area contributed by atoms with Crippen LogP contribution in [0.1, 0.15) is 52.7 Å². The molecule has 7 nitrogen and oxygen atoms in total. The predicted molar refractivity (Wildman–Crippen MR) is 150 cm³/mol. The quantitative estimate of drug-likeness (QED) is 0.185. The van der Waals surface area contributed by atoms with E-state index in [9.17, 15) is 9.90 Å². The molecule has 0 spiro atoms. The van der Waals surface area contributed by atoms with Gasteiger partial charge in [0.15, 0.2) is 5.75 Å². The topological polar surface area (TPSA) is 86.7 Å². The van der Waals surface area contributed by atoms with E-state index in [1.165, 1.54) is 0 Å². The minimum absolute atomic E-state index is 0.102. The Labute approximate surface area is 235 Å². The SMILES string of the molecule is CC(C)c1onc(COc2c(Cl)cccc2Cl)c1COc1ccc2c(ccn2Cc2cccc(C(=O)O)c2)c1. The first-order valence-electron chi connectivity index (χ1n) is 12.4. The average Bonchev–Trinajstić information content (AvgIpc) is 3.51. The summed E-state index contributed by atoms with van der Waals surface area (Å²) >= 11 is 12.5. The molecule has 5 aromatic rings. The molecule has 0 fully saturated rings. The van der Waals surface area contributed by atoms with Crippen LogP contribution in [0.4, 0.5) is 0 Å². The molecule has 2 heterocycles. The van der Waals surface area contributed by atoms with Crippen molar-refractivity contribution in [3.63, 3.8) is 0 Å². The van der Waals surface area contributed by atoms with Crippen LogP contribution in [0.5, 0.6) is 11.5 Å². The second-order valence-electron chi connectivity index (χ2n) is 9.42. The molecular formula is C30H26Cl2N2O5. The zero-order valence-electron chi connectivity index (χ0n) is 21.4. The lowest BCUT2D eigenvalue weighted by Crippen LogP contribution is -2.05. The fourth-order valence-electron chi connectivity index (χ4n) is 4.40. The van der Waals surface area contributed by atoms with Gasteiger partial charge in [-0.3, -0.25) is 0 Å². The van der Waals surface area contributed by atoms with E-state index in [0.29, 0.717) is 33.8 Å². The van der Waals surface area contributed by atoms with Gasteiger partial charge in [-0.15, -0.1) is 0 Å². The van der Waals surface area contributed by atoms with Crippen molar-refractivity contribution in [2.24, 2.45) is 0 Å². The number of aromatic carboxylic acids is 1. The first kappa shape index (κ1) is 26.7. The van der Waals surface area contributed by atoms with Crippen LogP contribution >= 0.6 is 23.2 Å². The lowest BCUT2D eigenvalue weighted by atomic mass is 10.1. The summed E-state index contributed by atoms with van der Waals surface area (Å²) in [5, 5.41) is 15.4. The van der Waals surface area contributed by atoms with Crippen molar-refractivity contribution in [1.82, 2.24) is 9.72 Å². The van der Waals surface area contributed by atoms with Gasteiger partial charge in [0.2, 0.25) is 0 Å². The zero-order chi connectivity index (χ0) is 27.5. The lowest BCUT2D eigenvalue weighted by molar-refractivity contribution is 0.0696. The Hall–Kier alpha value is -3.94. The third-order valence-corrected chi connectivity index (χ3v) is 6.94. The van der Waals surface area contributed by atoms with Crippen molar-refractivity contribution in [3.05, 3.63) is 111 Å². The molecular weight excluding hydrogens is 539 g/mol. The summed E-state index contributed by atoms with van der Waals surface area (Å²) in [6.07, 6.45) is 1.98. The molecule has 2 aromatic heterocycles. The maximum absolute atomic E-state index is 11.3. The van der Waals surface area contributed by atoms with Crippen LogP contribution in [-0.4, -0.2) is 20.8 Å². The number of carboxylic acid groups (broad SMARTS) is 1. The largest absolute Gasteiger partial charge is 0.489 e. The molecule has 39 heavy (non-hydrogen) atoms. The van der Waals surface area contributed by atoms with Gasteiger partial charge < -0.3 is 23.7 Å². The molecule has 0 atom stereocenters. The standard InChI is InChI=1S/C30H26Cl2N2O5/c1-18(2)28-23(26(33-39-28)17-38-29-24(31)7-4-8-25(29)32)16-37-22-9-10-27-20(14-22)11-12-34(27)15-19-5-3-6-21(13-19)30(35)36/h3-14,18H,15-17H2,1-2H3,(H,35,36). The molecule has 0 bridgehead atoms. The van der Waals surface area contributed by atoms with Gasteiger partial charge in [-0.2, -0.15) is 0 Å². The number of aromatic nitrogens is 2. The van der Waals surface area contributed by atoms with Gasteiger partial charge in [0, 0.05) is 29.6 Å². The van der Waals surface area contributed by atoms with Crippen molar-refractivity contribution >= 4 is 40.1 Å². The summed E-state index contributed by atoms with van der Waals surface area (Å²) in [7, 11) is 0. The molecule has 0 aliphatic carbocycles. The second-order valence-corrected chi connectivity index (χ2v) is 10.2. The molecule has 3 aromatic carbocycles. The van der Waals surface area contributed by atoms with Gasteiger partial charge >= 0.3 is 5.97 Å². The highest BCUT2D eigenvalue weighted by molar-refractivity contribution is 6.37. The number of hydrogen-bond acceptors (Lipinski definition) is 5. The molecule has 0 radical (unpaired) electrons. The number of ether oxygens (including phenoxy) is 2. The molecule has 1 N–H and O–H groups in total. The molecule has 0 amide bonds. The van der Waals surface area contributed by atoms with Crippen molar-refractivity contribution in [2.75, 3.05) is 0 Å². The Bertz CT molecular complexity index is 1620. The van der Waals surface area contributed by atoms with Crippen LogP contribution in [-0.2, 0) is 19.8 Å². The number of halogens is 2. The van der Waals surface area contributed by atoms with E-state index in [0.717, 1.165) is 27.8 Å². The Kier molecular flexibility index (Phi) is 7.82. The first-order valence-corrected chi connectivity index (χ1v) is 13.1. The van der Waals surface area contributed by atoms with Crippen LogP contribution < -0.4 is 9.47 Å².